The lowest BCUT2D eigenvalue weighted by Gasteiger charge is -2.01. The lowest BCUT2D eigenvalue weighted by atomic mass is 10.5. The molecule has 1 rings (SSSR count). The van der Waals surface area contributed by atoms with Crippen LogP contribution in [0.5, 0.6) is 0 Å². The first-order valence-corrected chi connectivity index (χ1v) is 3.63. The first-order chi connectivity index (χ1) is 5.83. The van der Waals surface area contributed by atoms with Gasteiger partial charge in [0.2, 0.25) is 0 Å². The van der Waals surface area contributed by atoms with Crippen molar-refractivity contribution in [3.8, 4) is 0 Å². The number of carbonyl (C=O) groups excluding carboxylic acids is 1. The van der Waals surface area contributed by atoms with Crippen molar-refractivity contribution in [1.29, 1.82) is 0 Å². The molecule has 0 aliphatic rings. The molecule has 0 saturated heterocycles. The maximum atomic E-state index is 10.7. The van der Waals surface area contributed by atoms with E-state index in [9.17, 15) is 4.79 Å². The average molecular weight is 170 g/mol. The molecular formula is C7H10N2O3. The summed E-state index contributed by atoms with van der Waals surface area (Å²) in [5.41, 5.74) is 0. The van der Waals surface area contributed by atoms with E-state index in [4.69, 9.17) is 4.52 Å². The van der Waals surface area contributed by atoms with Crippen molar-refractivity contribution in [3.05, 3.63) is 18.0 Å². The molecule has 1 aromatic heterocycles. The van der Waals surface area contributed by atoms with Crippen LogP contribution in [0, 0.1) is 0 Å². The van der Waals surface area contributed by atoms with Crippen molar-refractivity contribution in [1.82, 2.24) is 10.5 Å². The number of nitrogens with one attached hydrogen (secondary N) is 1. The van der Waals surface area contributed by atoms with Gasteiger partial charge in [-0.05, 0) is 6.92 Å². The molecular weight excluding hydrogens is 160 g/mol. The predicted molar refractivity (Wildman–Crippen MR) is 40.4 cm³/mol. The molecule has 0 aliphatic carbocycles. The Morgan fingerprint density at radius 1 is 1.83 bits per heavy atom. The van der Waals surface area contributed by atoms with Gasteiger partial charge in [-0.15, -0.1) is 0 Å². The highest BCUT2D eigenvalue weighted by molar-refractivity contribution is 5.66. The number of amides is 1. The largest absolute Gasteiger partial charge is 0.450 e. The topological polar surface area (TPSA) is 64.4 Å². The summed E-state index contributed by atoms with van der Waals surface area (Å²) < 4.78 is 9.37. The number of hydrogen-bond donors (Lipinski definition) is 1. The van der Waals surface area contributed by atoms with E-state index in [0.717, 1.165) is 0 Å². The van der Waals surface area contributed by atoms with Crippen LogP contribution in [0.1, 0.15) is 12.7 Å². The van der Waals surface area contributed by atoms with Crippen molar-refractivity contribution >= 4 is 6.09 Å². The lowest BCUT2D eigenvalue weighted by molar-refractivity contribution is 0.150. The third kappa shape index (κ3) is 2.61. The molecule has 66 valence electrons. The molecule has 12 heavy (non-hydrogen) atoms. The zero-order valence-corrected chi connectivity index (χ0v) is 6.74. The Hall–Kier alpha value is -1.52. The molecule has 0 radical (unpaired) electrons. The van der Waals surface area contributed by atoms with Crippen molar-refractivity contribution in [2.75, 3.05) is 6.61 Å². The second-order valence-electron chi connectivity index (χ2n) is 2.05. The van der Waals surface area contributed by atoms with E-state index in [-0.39, 0.29) is 0 Å². The second-order valence-corrected chi connectivity index (χ2v) is 2.05. The fourth-order valence-corrected chi connectivity index (χ4v) is 0.675. The highest BCUT2D eigenvalue weighted by Gasteiger charge is 2.01. The Morgan fingerprint density at radius 2 is 2.67 bits per heavy atom. The Kier molecular flexibility index (Phi) is 3.13. The smallest absolute Gasteiger partial charge is 0.407 e. The zero-order valence-electron chi connectivity index (χ0n) is 6.74. The number of rotatable bonds is 3. The Balaban J connectivity index is 2.22. The second kappa shape index (κ2) is 4.38. The van der Waals surface area contributed by atoms with Gasteiger partial charge in [-0.3, -0.25) is 0 Å². The van der Waals surface area contributed by atoms with Crippen molar-refractivity contribution in [2.24, 2.45) is 0 Å². The minimum atomic E-state index is -0.450. The van der Waals surface area contributed by atoms with Crippen LogP contribution < -0.4 is 5.32 Å². The van der Waals surface area contributed by atoms with Gasteiger partial charge in [0.1, 0.15) is 0 Å². The molecule has 5 heteroatoms. The monoisotopic (exact) mass is 170 g/mol. The first-order valence-electron chi connectivity index (χ1n) is 3.63. The summed E-state index contributed by atoms with van der Waals surface area (Å²) in [4.78, 5) is 10.7. The summed E-state index contributed by atoms with van der Waals surface area (Å²) in [7, 11) is 0. The summed E-state index contributed by atoms with van der Waals surface area (Å²) in [6, 6.07) is 1.67. The van der Waals surface area contributed by atoms with Crippen LogP contribution in [-0.2, 0) is 11.3 Å². The molecule has 0 unspecified atom stereocenters. The highest BCUT2D eigenvalue weighted by Crippen LogP contribution is 1.94. The maximum Gasteiger partial charge on any atom is 0.407 e. The predicted octanol–water partition coefficient (Wildman–Crippen LogP) is 0.921. The lowest BCUT2D eigenvalue weighted by Crippen LogP contribution is -2.23. The van der Waals surface area contributed by atoms with Crippen LogP contribution in [0.2, 0.25) is 0 Å². The summed E-state index contributed by atoms with van der Waals surface area (Å²) in [5, 5.41) is 5.97. The summed E-state index contributed by atoms with van der Waals surface area (Å²) >= 11 is 0. The van der Waals surface area contributed by atoms with Crippen molar-refractivity contribution in [3.63, 3.8) is 0 Å². The van der Waals surface area contributed by atoms with E-state index in [1.54, 1.807) is 13.0 Å². The van der Waals surface area contributed by atoms with E-state index in [1.165, 1.54) is 6.20 Å². The normalized spacial score (nSPS) is 9.42. The molecule has 0 bridgehead atoms. The first kappa shape index (κ1) is 8.58. The molecule has 0 aliphatic heterocycles. The fraction of sp³-hybridized carbons (Fsp3) is 0.429. The molecule has 0 saturated carbocycles. The SMILES string of the molecule is CCOC(=O)NCc1ccno1. The van der Waals surface area contributed by atoms with Crippen molar-refractivity contribution < 1.29 is 14.1 Å². The van der Waals surface area contributed by atoms with Crippen LogP contribution in [0.25, 0.3) is 0 Å². The van der Waals surface area contributed by atoms with Gasteiger partial charge in [0.25, 0.3) is 0 Å². The molecule has 0 fully saturated rings. The molecule has 0 atom stereocenters. The quantitative estimate of drug-likeness (QED) is 0.732. The van der Waals surface area contributed by atoms with Gasteiger partial charge in [-0.25, -0.2) is 4.79 Å². The molecule has 1 amide bonds. The van der Waals surface area contributed by atoms with Crippen LogP contribution in [0.3, 0.4) is 0 Å². The minimum absolute atomic E-state index is 0.304. The van der Waals surface area contributed by atoms with Crippen LogP contribution in [-0.4, -0.2) is 17.9 Å². The number of hydrogen-bond acceptors (Lipinski definition) is 4. The van der Waals surface area contributed by atoms with Gasteiger partial charge in [-0.2, -0.15) is 0 Å². The summed E-state index contributed by atoms with van der Waals surface area (Å²) in [6.45, 7) is 2.41. The molecule has 5 nitrogen and oxygen atoms in total. The third-order valence-electron chi connectivity index (χ3n) is 1.17. The molecule has 0 spiro atoms. The number of nitrogens with zero attached hydrogens (tertiary/aromatic N) is 1. The summed E-state index contributed by atoms with van der Waals surface area (Å²) in [5.74, 6) is 0.600. The fourth-order valence-electron chi connectivity index (χ4n) is 0.675. The van der Waals surface area contributed by atoms with Gasteiger partial charge >= 0.3 is 6.09 Å². The number of carbonyl (C=O) groups is 1. The van der Waals surface area contributed by atoms with E-state index >= 15 is 0 Å². The standard InChI is InChI=1S/C7H10N2O3/c1-2-11-7(10)8-5-6-3-4-9-12-6/h3-4H,2,5H2,1H3,(H,8,10). The molecule has 0 aromatic carbocycles. The van der Waals surface area contributed by atoms with Gasteiger partial charge in [-0.1, -0.05) is 5.16 Å². The maximum absolute atomic E-state index is 10.7. The van der Waals surface area contributed by atoms with E-state index in [1.807, 2.05) is 0 Å². The van der Waals surface area contributed by atoms with Gasteiger partial charge in [0, 0.05) is 6.07 Å². The van der Waals surface area contributed by atoms with E-state index in [0.29, 0.717) is 18.9 Å². The Labute approximate surface area is 69.7 Å². The van der Waals surface area contributed by atoms with Crippen LogP contribution in [0.4, 0.5) is 4.79 Å². The van der Waals surface area contributed by atoms with E-state index in [2.05, 4.69) is 15.2 Å². The molecule has 1 N–H and O–H groups in total. The summed E-state index contributed by atoms with van der Waals surface area (Å²) in [6.07, 6.45) is 1.07. The number of aromatic nitrogens is 1. The number of ether oxygens (including phenoxy) is 1. The zero-order chi connectivity index (χ0) is 8.81. The Morgan fingerprint density at radius 3 is 3.25 bits per heavy atom. The van der Waals surface area contributed by atoms with E-state index < -0.39 is 6.09 Å². The highest BCUT2D eigenvalue weighted by atomic mass is 16.5. The average Bonchev–Trinajstić information content (AvgIpc) is 2.53. The Bertz CT molecular complexity index is 233. The molecule has 1 heterocycles. The number of alkyl carbamates (subject to hydrolysis) is 1. The van der Waals surface area contributed by atoms with Gasteiger partial charge in [0.15, 0.2) is 5.76 Å². The van der Waals surface area contributed by atoms with Crippen LogP contribution in [0.15, 0.2) is 16.8 Å². The van der Waals surface area contributed by atoms with Crippen molar-refractivity contribution in [2.45, 2.75) is 13.5 Å². The molecule has 1 aromatic rings. The van der Waals surface area contributed by atoms with Crippen LogP contribution >= 0.6 is 0 Å². The third-order valence-corrected chi connectivity index (χ3v) is 1.17. The minimum Gasteiger partial charge on any atom is -0.450 e. The van der Waals surface area contributed by atoms with Gasteiger partial charge < -0.3 is 14.6 Å². The van der Waals surface area contributed by atoms with Gasteiger partial charge in [0.05, 0.1) is 19.3 Å².